The molecule has 0 bridgehead atoms. The molecule has 1 atom stereocenters. The van der Waals surface area contributed by atoms with Crippen molar-refractivity contribution in [1.82, 2.24) is 14.9 Å². The molecule has 1 aromatic heterocycles. The SMILES string of the molecule is Clc1cccc(-c2cn(C3COCCN3)cn2)c1. The molecule has 1 unspecified atom stereocenters. The fourth-order valence-electron chi connectivity index (χ4n) is 2.05. The van der Waals surface area contributed by atoms with Crippen molar-refractivity contribution in [3.8, 4) is 11.3 Å². The van der Waals surface area contributed by atoms with Crippen LogP contribution in [0.15, 0.2) is 36.8 Å². The first-order valence-corrected chi connectivity index (χ1v) is 6.31. The summed E-state index contributed by atoms with van der Waals surface area (Å²) in [4.78, 5) is 4.41. The van der Waals surface area contributed by atoms with Crippen LogP contribution < -0.4 is 5.32 Å². The third kappa shape index (κ3) is 2.41. The molecule has 1 aliphatic rings. The average Bonchev–Trinajstić information content (AvgIpc) is 2.89. The standard InChI is InChI=1S/C13H14ClN3O/c14-11-3-1-2-10(6-11)12-7-17(9-16-12)13-8-18-5-4-15-13/h1-3,6-7,9,13,15H,4-5,8H2. The van der Waals surface area contributed by atoms with Gasteiger partial charge in [0.05, 0.1) is 25.2 Å². The van der Waals surface area contributed by atoms with Gasteiger partial charge in [-0.05, 0) is 12.1 Å². The summed E-state index contributed by atoms with van der Waals surface area (Å²) in [7, 11) is 0. The molecule has 1 aromatic carbocycles. The van der Waals surface area contributed by atoms with Crippen LogP contribution in [0.3, 0.4) is 0 Å². The van der Waals surface area contributed by atoms with Gasteiger partial charge in [0.2, 0.25) is 0 Å². The van der Waals surface area contributed by atoms with Crippen LogP contribution >= 0.6 is 11.6 Å². The number of benzene rings is 1. The number of nitrogens with one attached hydrogen (secondary N) is 1. The van der Waals surface area contributed by atoms with E-state index in [-0.39, 0.29) is 6.17 Å². The number of imidazole rings is 1. The molecule has 94 valence electrons. The second-order valence-electron chi connectivity index (χ2n) is 4.26. The maximum absolute atomic E-state index is 5.98. The van der Waals surface area contributed by atoms with Crippen molar-refractivity contribution in [3.63, 3.8) is 0 Å². The van der Waals surface area contributed by atoms with Crippen LogP contribution in [0.5, 0.6) is 0 Å². The largest absolute Gasteiger partial charge is 0.377 e. The lowest BCUT2D eigenvalue weighted by atomic mass is 10.2. The van der Waals surface area contributed by atoms with E-state index >= 15 is 0 Å². The summed E-state index contributed by atoms with van der Waals surface area (Å²) in [5, 5.41) is 4.11. The topological polar surface area (TPSA) is 39.1 Å². The number of hydrogen-bond acceptors (Lipinski definition) is 3. The lowest BCUT2D eigenvalue weighted by molar-refractivity contribution is 0.0532. The zero-order valence-corrected chi connectivity index (χ0v) is 10.6. The Morgan fingerprint density at radius 1 is 1.44 bits per heavy atom. The van der Waals surface area contributed by atoms with E-state index in [4.69, 9.17) is 16.3 Å². The van der Waals surface area contributed by atoms with Crippen molar-refractivity contribution in [1.29, 1.82) is 0 Å². The number of hydrogen-bond donors (Lipinski definition) is 1. The minimum Gasteiger partial charge on any atom is -0.377 e. The van der Waals surface area contributed by atoms with Gasteiger partial charge in [0.15, 0.2) is 0 Å². The molecule has 0 aliphatic carbocycles. The van der Waals surface area contributed by atoms with E-state index in [2.05, 4.69) is 10.3 Å². The predicted molar refractivity (Wildman–Crippen MR) is 70.5 cm³/mol. The lowest BCUT2D eigenvalue weighted by Gasteiger charge is -2.24. The van der Waals surface area contributed by atoms with Crippen LogP contribution in [0.1, 0.15) is 6.17 Å². The molecule has 4 nitrogen and oxygen atoms in total. The molecular formula is C13H14ClN3O. The molecule has 0 spiro atoms. The molecule has 1 saturated heterocycles. The van der Waals surface area contributed by atoms with Gasteiger partial charge >= 0.3 is 0 Å². The summed E-state index contributed by atoms with van der Waals surface area (Å²) >= 11 is 5.98. The highest BCUT2D eigenvalue weighted by molar-refractivity contribution is 6.30. The van der Waals surface area contributed by atoms with Gasteiger partial charge in [-0.1, -0.05) is 23.7 Å². The van der Waals surface area contributed by atoms with E-state index in [0.717, 1.165) is 29.4 Å². The molecule has 1 fully saturated rings. The molecule has 3 rings (SSSR count). The summed E-state index contributed by atoms with van der Waals surface area (Å²) in [5.41, 5.74) is 1.95. The second-order valence-corrected chi connectivity index (χ2v) is 4.70. The number of rotatable bonds is 2. The number of nitrogens with zero attached hydrogens (tertiary/aromatic N) is 2. The number of ether oxygens (including phenoxy) is 1. The van der Waals surface area contributed by atoms with Crippen molar-refractivity contribution in [2.45, 2.75) is 6.17 Å². The van der Waals surface area contributed by atoms with Gasteiger partial charge in [-0.2, -0.15) is 0 Å². The molecule has 5 heteroatoms. The zero-order chi connectivity index (χ0) is 12.4. The van der Waals surface area contributed by atoms with E-state index in [9.17, 15) is 0 Å². The predicted octanol–water partition coefficient (Wildman–Crippen LogP) is 2.32. The second kappa shape index (κ2) is 5.10. The van der Waals surface area contributed by atoms with Crippen LogP contribution in [0, 0.1) is 0 Å². The van der Waals surface area contributed by atoms with Gasteiger partial charge in [0.25, 0.3) is 0 Å². The first-order chi connectivity index (χ1) is 8.83. The third-order valence-electron chi connectivity index (χ3n) is 2.98. The molecular weight excluding hydrogens is 250 g/mol. The highest BCUT2D eigenvalue weighted by Gasteiger charge is 2.15. The lowest BCUT2D eigenvalue weighted by Crippen LogP contribution is -2.37. The third-order valence-corrected chi connectivity index (χ3v) is 3.22. The molecule has 0 amide bonds. The van der Waals surface area contributed by atoms with Gasteiger partial charge in [-0.15, -0.1) is 0 Å². The molecule has 0 saturated carbocycles. The van der Waals surface area contributed by atoms with Gasteiger partial charge in [-0.3, -0.25) is 5.32 Å². The quantitative estimate of drug-likeness (QED) is 0.904. The summed E-state index contributed by atoms with van der Waals surface area (Å²) in [6, 6.07) is 7.71. The van der Waals surface area contributed by atoms with E-state index in [0.29, 0.717) is 6.61 Å². The van der Waals surface area contributed by atoms with Gasteiger partial charge in [-0.25, -0.2) is 4.98 Å². The Balaban J connectivity index is 1.84. The summed E-state index contributed by atoms with van der Waals surface area (Å²) in [6.07, 6.45) is 4.00. The van der Waals surface area contributed by atoms with Crippen LogP contribution in [-0.2, 0) is 4.74 Å². The van der Waals surface area contributed by atoms with Crippen molar-refractivity contribution in [3.05, 3.63) is 41.8 Å². The maximum Gasteiger partial charge on any atom is 0.109 e. The van der Waals surface area contributed by atoms with Crippen LogP contribution in [0.25, 0.3) is 11.3 Å². The fourth-order valence-corrected chi connectivity index (χ4v) is 2.24. The Labute approximate surface area is 111 Å². The Hall–Kier alpha value is -1.36. The first-order valence-electron chi connectivity index (χ1n) is 5.93. The van der Waals surface area contributed by atoms with E-state index in [1.807, 2.05) is 41.4 Å². The maximum atomic E-state index is 5.98. The van der Waals surface area contributed by atoms with Gasteiger partial charge < -0.3 is 9.30 Å². The van der Waals surface area contributed by atoms with Gasteiger partial charge in [0.1, 0.15) is 6.17 Å². The average molecular weight is 264 g/mol. The van der Waals surface area contributed by atoms with E-state index in [1.54, 1.807) is 0 Å². The number of halogens is 1. The Kier molecular flexibility index (Phi) is 3.32. The normalized spacial score (nSPS) is 19.9. The number of morpholine rings is 1. The Morgan fingerprint density at radius 2 is 2.39 bits per heavy atom. The molecule has 18 heavy (non-hydrogen) atoms. The van der Waals surface area contributed by atoms with Gasteiger partial charge in [0, 0.05) is 23.3 Å². The molecule has 2 aromatic rings. The minimum atomic E-state index is 0.166. The molecule has 2 heterocycles. The summed E-state index contributed by atoms with van der Waals surface area (Å²) < 4.78 is 7.48. The monoisotopic (exact) mass is 263 g/mol. The van der Waals surface area contributed by atoms with Crippen molar-refractivity contribution in [2.75, 3.05) is 19.8 Å². The number of aromatic nitrogens is 2. The zero-order valence-electron chi connectivity index (χ0n) is 9.84. The smallest absolute Gasteiger partial charge is 0.109 e. The van der Waals surface area contributed by atoms with Crippen molar-refractivity contribution < 1.29 is 4.74 Å². The van der Waals surface area contributed by atoms with Crippen LogP contribution in [0.2, 0.25) is 5.02 Å². The molecule has 1 aliphatic heterocycles. The van der Waals surface area contributed by atoms with Crippen LogP contribution in [0.4, 0.5) is 0 Å². The highest BCUT2D eigenvalue weighted by atomic mass is 35.5. The first kappa shape index (κ1) is 11.7. The molecule has 1 N–H and O–H groups in total. The van der Waals surface area contributed by atoms with Crippen LogP contribution in [-0.4, -0.2) is 29.3 Å². The van der Waals surface area contributed by atoms with E-state index in [1.165, 1.54) is 0 Å². The Bertz CT molecular complexity index is 535. The summed E-state index contributed by atoms with van der Waals surface area (Å²) in [6.45, 7) is 2.31. The van der Waals surface area contributed by atoms with Crippen molar-refractivity contribution in [2.24, 2.45) is 0 Å². The minimum absolute atomic E-state index is 0.166. The summed E-state index contributed by atoms with van der Waals surface area (Å²) in [5.74, 6) is 0. The molecule has 0 radical (unpaired) electrons. The fraction of sp³-hybridized carbons (Fsp3) is 0.308. The highest BCUT2D eigenvalue weighted by Crippen LogP contribution is 2.22. The Morgan fingerprint density at radius 3 is 3.17 bits per heavy atom. The van der Waals surface area contributed by atoms with E-state index < -0.39 is 0 Å². The van der Waals surface area contributed by atoms with Crippen molar-refractivity contribution >= 4 is 11.6 Å².